The summed E-state index contributed by atoms with van der Waals surface area (Å²) >= 11 is 0. The smallest absolute Gasteiger partial charge is 0.101 e. The predicted octanol–water partition coefficient (Wildman–Crippen LogP) is 2.97. The van der Waals surface area contributed by atoms with Gasteiger partial charge in [0.25, 0.3) is 0 Å². The Morgan fingerprint density at radius 2 is 1.89 bits per heavy atom. The minimum absolute atomic E-state index is 0.737. The van der Waals surface area contributed by atoms with Crippen molar-refractivity contribution in [2.75, 3.05) is 10.6 Å². The van der Waals surface area contributed by atoms with Gasteiger partial charge in [0.2, 0.25) is 0 Å². The van der Waals surface area contributed by atoms with E-state index in [2.05, 4.69) is 17.0 Å². The zero-order valence-corrected chi connectivity index (χ0v) is 10.9. The van der Waals surface area contributed by atoms with Crippen molar-refractivity contribution >= 4 is 11.4 Å². The molecule has 0 fully saturated rings. The van der Waals surface area contributed by atoms with Crippen molar-refractivity contribution in [3.05, 3.63) is 58.7 Å². The average Bonchev–Trinajstić information content (AvgIpc) is 2.81. The summed E-state index contributed by atoms with van der Waals surface area (Å²) in [5.74, 6) is 0. The van der Waals surface area contributed by atoms with E-state index in [-0.39, 0.29) is 0 Å². The Morgan fingerprint density at radius 3 is 2.68 bits per heavy atom. The molecule has 0 radical (unpaired) electrons. The Kier molecular flexibility index (Phi) is 2.64. The number of fused-ring (bicyclic) bond motifs is 1. The van der Waals surface area contributed by atoms with Gasteiger partial charge in [-0.25, -0.2) is 0 Å². The first kappa shape index (κ1) is 11.6. The van der Waals surface area contributed by atoms with Crippen LogP contribution in [0.5, 0.6) is 0 Å². The second kappa shape index (κ2) is 4.33. The molecule has 94 valence electrons. The maximum Gasteiger partial charge on any atom is 0.101 e. The van der Waals surface area contributed by atoms with E-state index in [4.69, 9.17) is 5.73 Å². The van der Waals surface area contributed by atoms with Gasteiger partial charge >= 0.3 is 0 Å². The highest BCUT2D eigenvalue weighted by Gasteiger charge is 2.21. The Morgan fingerprint density at radius 1 is 1.11 bits per heavy atom. The molecule has 2 aromatic carbocycles. The van der Waals surface area contributed by atoms with Crippen molar-refractivity contribution in [2.24, 2.45) is 0 Å². The first-order valence-corrected chi connectivity index (χ1v) is 6.30. The summed E-state index contributed by atoms with van der Waals surface area (Å²) in [5.41, 5.74) is 12.0. The van der Waals surface area contributed by atoms with Gasteiger partial charge in [0.15, 0.2) is 0 Å². The molecule has 3 rings (SSSR count). The number of nitrogens with two attached hydrogens (primary N) is 1. The molecule has 0 spiro atoms. The van der Waals surface area contributed by atoms with E-state index in [9.17, 15) is 5.26 Å². The molecule has 0 unspecified atom stereocenters. The molecule has 0 aromatic heterocycles. The van der Waals surface area contributed by atoms with Gasteiger partial charge in [-0.1, -0.05) is 12.1 Å². The number of hydrogen-bond donors (Lipinski definition) is 1. The molecule has 3 heteroatoms. The third-order valence-corrected chi connectivity index (χ3v) is 3.57. The summed E-state index contributed by atoms with van der Waals surface area (Å²) in [7, 11) is 0. The molecule has 0 saturated carbocycles. The van der Waals surface area contributed by atoms with Crippen LogP contribution in [-0.4, -0.2) is 0 Å². The van der Waals surface area contributed by atoms with Crippen LogP contribution in [0.4, 0.5) is 11.4 Å². The Bertz CT molecular complexity index is 683. The van der Waals surface area contributed by atoms with Crippen LogP contribution in [0.1, 0.15) is 22.3 Å². The molecule has 2 N–H and O–H groups in total. The lowest BCUT2D eigenvalue weighted by molar-refractivity contribution is 0.878. The van der Waals surface area contributed by atoms with E-state index in [0.29, 0.717) is 0 Å². The highest BCUT2D eigenvalue weighted by Crippen LogP contribution is 2.31. The summed E-state index contributed by atoms with van der Waals surface area (Å²) in [6.07, 6.45) is 0. The van der Waals surface area contributed by atoms with Crippen molar-refractivity contribution in [1.29, 1.82) is 5.26 Å². The van der Waals surface area contributed by atoms with Crippen LogP contribution in [0.2, 0.25) is 0 Å². The van der Waals surface area contributed by atoms with Gasteiger partial charge in [-0.05, 0) is 47.9 Å². The lowest BCUT2D eigenvalue weighted by Crippen LogP contribution is -2.15. The fraction of sp³-hybridized carbons (Fsp3) is 0.188. The monoisotopic (exact) mass is 249 g/mol. The molecule has 0 saturated heterocycles. The molecule has 2 aromatic rings. The van der Waals surface area contributed by atoms with E-state index in [1.54, 1.807) is 0 Å². The van der Waals surface area contributed by atoms with Gasteiger partial charge in [0.1, 0.15) is 6.07 Å². The second-order valence-corrected chi connectivity index (χ2v) is 5.02. The molecular formula is C16H15N3. The molecule has 0 bridgehead atoms. The van der Waals surface area contributed by atoms with Crippen LogP contribution in [0.15, 0.2) is 36.4 Å². The third kappa shape index (κ3) is 2.02. The van der Waals surface area contributed by atoms with Crippen molar-refractivity contribution in [1.82, 2.24) is 0 Å². The van der Waals surface area contributed by atoms with Crippen LogP contribution in [0.25, 0.3) is 0 Å². The topological polar surface area (TPSA) is 53.0 Å². The minimum Gasteiger partial charge on any atom is -0.399 e. The largest absolute Gasteiger partial charge is 0.399 e. The van der Waals surface area contributed by atoms with Crippen molar-refractivity contribution in [3.8, 4) is 6.07 Å². The van der Waals surface area contributed by atoms with Crippen LogP contribution >= 0.6 is 0 Å². The molecule has 19 heavy (non-hydrogen) atoms. The second-order valence-electron chi connectivity index (χ2n) is 5.02. The zero-order chi connectivity index (χ0) is 13.4. The number of rotatable bonds is 1. The van der Waals surface area contributed by atoms with E-state index in [1.807, 2.05) is 37.3 Å². The summed E-state index contributed by atoms with van der Waals surface area (Å²) in [5, 5.41) is 9.27. The SMILES string of the molecule is Cc1ccc(N2Cc3ccc(N)cc3C2)c(C#N)c1. The van der Waals surface area contributed by atoms with Crippen LogP contribution in [-0.2, 0) is 13.1 Å². The highest BCUT2D eigenvalue weighted by molar-refractivity contribution is 5.63. The van der Waals surface area contributed by atoms with Crippen molar-refractivity contribution in [3.63, 3.8) is 0 Å². The lowest BCUT2D eigenvalue weighted by Gasteiger charge is -2.19. The Hall–Kier alpha value is -2.47. The first-order chi connectivity index (χ1) is 9.17. The molecule has 1 aliphatic rings. The van der Waals surface area contributed by atoms with E-state index < -0.39 is 0 Å². The van der Waals surface area contributed by atoms with Gasteiger partial charge in [-0.3, -0.25) is 0 Å². The number of hydrogen-bond acceptors (Lipinski definition) is 3. The molecule has 1 aliphatic heterocycles. The number of nitrogens with zero attached hydrogens (tertiary/aromatic N) is 2. The Labute approximate surface area is 112 Å². The first-order valence-electron chi connectivity index (χ1n) is 6.30. The highest BCUT2D eigenvalue weighted by atomic mass is 15.1. The average molecular weight is 249 g/mol. The number of nitriles is 1. The number of anilines is 2. The fourth-order valence-electron chi connectivity index (χ4n) is 2.60. The summed E-state index contributed by atoms with van der Waals surface area (Å²) < 4.78 is 0. The van der Waals surface area contributed by atoms with Crippen molar-refractivity contribution in [2.45, 2.75) is 20.0 Å². The molecule has 1 heterocycles. The van der Waals surface area contributed by atoms with Crippen LogP contribution in [0, 0.1) is 18.3 Å². The summed E-state index contributed by atoms with van der Waals surface area (Å²) in [6, 6.07) is 14.3. The quantitative estimate of drug-likeness (QED) is 0.790. The molecular weight excluding hydrogens is 234 g/mol. The molecule has 0 atom stereocenters. The van der Waals surface area contributed by atoms with Gasteiger partial charge in [0.05, 0.1) is 11.3 Å². The molecule has 0 amide bonds. The van der Waals surface area contributed by atoms with Gasteiger partial charge in [-0.15, -0.1) is 0 Å². The fourth-order valence-corrected chi connectivity index (χ4v) is 2.60. The maximum atomic E-state index is 9.27. The lowest BCUT2D eigenvalue weighted by atomic mass is 10.1. The maximum absolute atomic E-state index is 9.27. The molecule has 3 nitrogen and oxygen atoms in total. The normalized spacial score (nSPS) is 13.2. The summed E-state index contributed by atoms with van der Waals surface area (Å²) in [6.45, 7) is 3.66. The van der Waals surface area contributed by atoms with Crippen molar-refractivity contribution < 1.29 is 0 Å². The number of nitrogen functional groups attached to an aromatic ring is 1. The Balaban J connectivity index is 1.97. The van der Waals surface area contributed by atoms with Crippen LogP contribution in [0.3, 0.4) is 0 Å². The van der Waals surface area contributed by atoms with Gasteiger partial charge in [-0.2, -0.15) is 5.26 Å². The van der Waals surface area contributed by atoms with E-state index >= 15 is 0 Å². The molecule has 0 aliphatic carbocycles. The minimum atomic E-state index is 0.737. The standard InChI is InChI=1S/C16H15N3/c1-11-2-5-16(13(6-11)8-17)19-9-12-3-4-15(18)7-14(12)10-19/h2-7H,9-10,18H2,1H3. The van der Waals surface area contributed by atoms with Gasteiger partial charge in [0, 0.05) is 18.8 Å². The van der Waals surface area contributed by atoms with Crippen LogP contribution < -0.4 is 10.6 Å². The summed E-state index contributed by atoms with van der Waals surface area (Å²) in [4.78, 5) is 2.22. The zero-order valence-electron chi connectivity index (χ0n) is 10.9. The number of benzene rings is 2. The number of aryl methyl sites for hydroxylation is 1. The third-order valence-electron chi connectivity index (χ3n) is 3.57. The van der Waals surface area contributed by atoms with E-state index in [0.717, 1.165) is 35.6 Å². The van der Waals surface area contributed by atoms with E-state index in [1.165, 1.54) is 11.1 Å². The predicted molar refractivity (Wildman–Crippen MR) is 76.6 cm³/mol. The van der Waals surface area contributed by atoms with Gasteiger partial charge < -0.3 is 10.6 Å².